The van der Waals surface area contributed by atoms with Crippen LogP contribution < -0.4 is 10.6 Å². The van der Waals surface area contributed by atoms with Crippen LogP contribution in [0.4, 0.5) is 11.4 Å². The fourth-order valence-electron chi connectivity index (χ4n) is 2.51. The van der Waals surface area contributed by atoms with Crippen LogP contribution in [0.15, 0.2) is 42.5 Å². The molecule has 0 aliphatic carbocycles. The molecule has 1 aliphatic rings. The molecule has 0 fully saturated rings. The van der Waals surface area contributed by atoms with Crippen LogP contribution >= 0.6 is 0 Å². The van der Waals surface area contributed by atoms with Crippen molar-refractivity contribution < 1.29 is 19.1 Å². The molecule has 6 heteroatoms. The van der Waals surface area contributed by atoms with Gasteiger partial charge in [-0.1, -0.05) is 6.07 Å². The lowest BCUT2D eigenvalue weighted by molar-refractivity contribution is 0.00693. The van der Waals surface area contributed by atoms with Crippen LogP contribution in [0.2, 0.25) is 0 Å². The van der Waals surface area contributed by atoms with Crippen molar-refractivity contribution in [2.45, 2.75) is 26.4 Å². The molecule has 6 nitrogen and oxygen atoms in total. The molecule has 2 aromatic rings. The molecule has 1 heterocycles. The van der Waals surface area contributed by atoms with Crippen LogP contribution in [0.25, 0.3) is 0 Å². The number of hydrogen-bond acceptors (Lipinski definition) is 5. The number of imide groups is 1. The summed E-state index contributed by atoms with van der Waals surface area (Å²) in [6.45, 7) is 5.43. The Morgan fingerprint density at radius 2 is 1.68 bits per heavy atom. The summed E-state index contributed by atoms with van der Waals surface area (Å²) in [5.41, 5.74) is 1.77. The zero-order valence-electron chi connectivity index (χ0n) is 14.2. The molecule has 0 atom stereocenters. The van der Waals surface area contributed by atoms with Gasteiger partial charge >= 0.3 is 5.97 Å². The molecule has 2 N–H and O–H groups in total. The highest BCUT2D eigenvalue weighted by molar-refractivity contribution is 6.24. The van der Waals surface area contributed by atoms with Crippen molar-refractivity contribution in [2.24, 2.45) is 0 Å². The Morgan fingerprint density at radius 3 is 2.32 bits per heavy atom. The average molecular weight is 338 g/mol. The lowest BCUT2D eigenvalue weighted by Gasteiger charge is -2.19. The molecule has 0 bridgehead atoms. The third-order valence-corrected chi connectivity index (χ3v) is 3.56. The van der Waals surface area contributed by atoms with Gasteiger partial charge in [-0.25, -0.2) is 4.79 Å². The number of hydrogen-bond donors (Lipinski definition) is 2. The van der Waals surface area contributed by atoms with Gasteiger partial charge in [0.15, 0.2) is 0 Å². The molecule has 128 valence electrons. The van der Waals surface area contributed by atoms with Crippen LogP contribution in [-0.4, -0.2) is 23.4 Å². The summed E-state index contributed by atoms with van der Waals surface area (Å²) in [7, 11) is 0. The molecular weight excluding hydrogens is 320 g/mol. The Bertz CT molecular complexity index is 864. The SMILES string of the molecule is CC(C)(C)OC(=O)c1ccc(Nc2cccc3c2C(=O)NC3=O)cc1. The highest BCUT2D eigenvalue weighted by Gasteiger charge is 2.29. The molecule has 2 amide bonds. The number of esters is 1. The zero-order chi connectivity index (χ0) is 18.2. The van der Waals surface area contributed by atoms with E-state index in [-0.39, 0.29) is 0 Å². The van der Waals surface area contributed by atoms with Gasteiger partial charge < -0.3 is 10.1 Å². The molecule has 0 spiro atoms. The van der Waals surface area contributed by atoms with E-state index in [1.165, 1.54) is 0 Å². The van der Waals surface area contributed by atoms with E-state index < -0.39 is 23.4 Å². The number of benzene rings is 2. The van der Waals surface area contributed by atoms with E-state index in [9.17, 15) is 14.4 Å². The lowest BCUT2D eigenvalue weighted by Crippen LogP contribution is -2.23. The van der Waals surface area contributed by atoms with Crippen molar-refractivity contribution in [1.82, 2.24) is 5.32 Å². The van der Waals surface area contributed by atoms with E-state index in [1.54, 1.807) is 42.5 Å². The number of amides is 2. The molecule has 25 heavy (non-hydrogen) atoms. The summed E-state index contributed by atoms with van der Waals surface area (Å²) in [4.78, 5) is 35.7. The molecule has 0 aromatic heterocycles. The lowest BCUT2D eigenvalue weighted by atomic mass is 10.1. The number of ether oxygens (including phenoxy) is 1. The second kappa shape index (κ2) is 6.05. The van der Waals surface area contributed by atoms with E-state index in [4.69, 9.17) is 4.74 Å². The molecular formula is C19H18N2O4. The first-order valence-electron chi connectivity index (χ1n) is 7.84. The summed E-state index contributed by atoms with van der Waals surface area (Å²) >= 11 is 0. The smallest absolute Gasteiger partial charge is 0.338 e. The van der Waals surface area contributed by atoms with Gasteiger partial charge in [0.25, 0.3) is 11.8 Å². The number of anilines is 2. The van der Waals surface area contributed by atoms with Gasteiger partial charge in [0.2, 0.25) is 0 Å². The number of rotatable bonds is 3. The standard InChI is InChI=1S/C19H18N2O4/c1-19(2,3)25-18(24)11-7-9-12(10-8-11)20-14-6-4-5-13-15(14)17(23)21-16(13)22/h4-10,20H,1-3H3,(H,21,22,23). The zero-order valence-corrected chi connectivity index (χ0v) is 14.2. The second-order valence-corrected chi connectivity index (χ2v) is 6.72. The molecule has 0 saturated heterocycles. The fourth-order valence-corrected chi connectivity index (χ4v) is 2.51. The van der Waals surface area contributed by atoms with Gasteiger partial charge in [-0.3, -0.25) is 14.9 Å². The summed E-state index contributed by atoms with van der Waals surface area (Å²) in [6, 6.07) is 11.7. The van der Waals surface area contributed by atoms with E-state index in [0.29, 0.717) is 28.1 Å². The van der Waals surface area contributed by atoms with E-state index >= 15 is 0 Å². The number of nitrogens with one attached hydrogen (secondary N) is 2. The highest BCUT2D eigenvalue weighted by atomic mass is 16.6. The molecule has 0 unspecified atom stereocenters. The molecule has 0 saturated carbocycles. The maximum atomic E-state index is 12.0. The quantitative estimate of drug-likeness (QED) is 0.663. The van der Waals surface area contributed by atoms with Gasteiger partial charge in [0.05, 0.1) is 22.4 Å². The Morgan fingerprint density at radius 1 is 1.00 bits per heavy atom. The minimum atomic E-state index is -0.557. The third kappa shape index (κ3) is 3.52. The van der Waals surface area contributed by atoms with Gasteiger partial charge in [-0.05, 0) is 57.2 Å². The topological polar surface area (TPSA) is 84.5 Å². The van der Waals surface area contributed by atoms with Crippen LogP contribution in [0.5, 0.6) is 0 Å². The molecule has 3 rings (SSSR count). The Balaban J connectivity index is 1.81. The minimum Gasteiger partial charge on any atom is -0.456 e. The van der Waals surface area contributed by atoms with Crippen molar-refractivity contribution in [3.8, 4) is 0 Å². The maximum absolute atomic E-state index is 12.0. The van der Waals surface area contributed by atoms with Crippen molar-refractivity contribution in [2.75, 3.05) is 5.32 Å². The number of fused-ring (bicyclic) bond motifs is 1. The second-order valence-electron chi connectivity index (χ2n) is 6.72. The van der Waals surface area contributed by atoms with Crippen LogP contribution in [0.1, 0.15) is 51.8 Å². The number of carbonyl (C=O) groups excluding carboxylic acids is 3. The first-order valence-corrected chi connectivity index (χ1v) is 7.84. The summed E-state index contributed by atoms with van der Waals surface area (Å²) in [5, 5.41) is 5.38. The molecule has 2 aromatic carbocycles. The average Bonchev–Trinajstić information content (AvgIpc) is 2.82. The maximum Gasteiger partial charge on any atom is 0.338 e. The van der Waals surface area contributed by atoms with Crippen LogP contribution in [-0.2, 0) is 4.74 Å². The third-order valence-electron chi connectivity index (χ3n) is 3.56. The Hall–Kier alpha value is -3.15. The van der Waals surface area contributed by atoms with Gasteiger partial charge in [0.1, 0.15) is 5.60 Å². The largest absolute Gasteiger partial charge is 0.456 e. The van der Waals surface area contributed by atoms with E-state index in [0.717, 1.165) is 0 Å². The summed E-state index contributed by atoms with van der Waals surface area (Å²) in [5.74, 6) is -1.22. The van der Waals surface area contributed by atoms with Crippen molar-refractivity contribution in [3.63, 3.8) is 0 Å². The first kappa shape index (κ1) is 16.7. The van der Waals surface area contributed by atoms with E-state index in [1.807, 2.05) is 20.8 Å². The summed E-state index contributed by atoms with van der Waals surface area (Å²) in [6.07, 6.45) is 0. The fraction of sp³-hybridized carbons (Fsp3) is 0.211. The normalized spacial score (nSPS) is 13.2. The monoisotopic (exact) mass is 338 g/mol. The first-order chi connectivity index (χ1) is 11.7. The Labute approximate surface area is 145 Å². The molecule has 1 aliphatic heterocycles. The Kier molecular flexibility index (Phi) is 4.04. The van der Waals surface area contributed by atoms with Crippen molar-refractivity contribution >= 4 is 29.2 Å². The number of carbonyl (C=O) groups is 3. The van der Waals surface area contributed by atoms with Gasteiger partial charge in [0, 0.05) is 5.69 Å². The molecule has 0 radical (unpaired) electrons. The highest BCUT2D eigenvalue weighted by Crippen LogP contribution is 2.27. The summed E-state index contributed by atoms with van der Waals surface area (Å²) < 4.78 is 5.32. The van der Waals surface area contributed by atoms with Crippen LogP contribution in [0.3, 0.4) is 0 Å². The van der Waals surface area contributed by atoms with Gasteiger partial charge in [-0.15, -0.1) is 0 Å². The minimum absolute atomic E-state index is 0.323. The van der Waals surface area contributed by atoms with Crippen molar-refractivity contribution in [3.05, 3.63) is 59.2 Å². The predicted molar refractivity (Wildman–Crippen MR) is 93.1 cm³/mol. The predicted octanol–water partition coefficient (Wildman–Crippen LogP) is 3.27. The van der Waals surface area contributed by atoms with E-state index in [2.05, 4.69) is 10.6 Å². The van der Waals surface area contributed by atoms with Crippen molar-refractivity contribution in [1.29, 1.82) is 0 Å². The van der Waals surface area contributed by atoms with Crippen LogP contribution in [0, 0.1) is 0 Å². The van der Waals surface area contributed by atoms with Gasteiger partial charge in [-0.2, -0.15) is 0 Å².